The van der Waals surface area contributed by atoms with Crippen molar-refractivity contribution < 1.29 is 14.6 Å². The van der Waals surface area contributed by atoms with Crippen molar-refractivity contribution in [2.75, 3.05) is 32.6 Å². The number of likely N-dealkylation sites (N-methyl/N-ethyl adjacent to an activating group) is 1. The molecule has 0 spiro atoms. The third kappa shape index (κ3) is 6.22. The van der Waals surface area contributed by atoms with E-state index in [2.05, 4.69) is 10.2 Å². The van der Waals surface area contributed by atoms with Crippen molar-refractivity contribution in [2.24, 2.45) is 0 Å². The van der Waals surface area contributed by atoms with Crippen molar-refractivity contribution in [1.29, 1.82) is 0 Å². The van der Waals surface area contributed by atoms with Crippen molar-refractivity contribution in [2.45, 2.75) is 13.3 Å². The van der Waals surface area contributed by atoms with Crippen LogP contribution < -0.4 is 10.1 Å². The fraction of sp³-hybridized carbons (Fsp3) is 0.222. The van der Waals surface area contributed by atoms with Crippen LogP contribution >= 0.6 is 0 Å². The van der Waals surface area contributed by atoms with Crippen molar-refractivity contribution >= 4 is 22.7 Å². The van der Waals surface area contributed by atoms with Crippen LogP contribution in [0.5, 0.6) is 11.5 Å². The van der Waals surface area contributed by atoms with Gasteiger partial charge in [-0.25, -0.2) is 0 Å². The number of ether oxygens (including phenoxy) is 1. The number of carbonyl (C=O) groups excluding carboxylic acids is 1. The molecule has 5 heteroatoms. The fourth-order valence-electron chi connectivity index (χ4n) is 3.41. The van der Waals surface area contributed by atoms with Gasteiger partial charge < -0.3 is 20.1 Å². The number of hydrogen-bond donors (Lipinski definition) is 2. The molecule has 3 rings (SSSR count). The molecule has 0 unspecified atom stereocenters. The molecule has 0 radical (unpaired) electrons. The summed E-state index contributed by atoms with van der Waals surface area (Å²) >= 11 is 0. The van der Waals surface area contributed by atoms with Gasteiger partial charge in [-0.05, 0) is 73.6 Å². The predicted octanol–water partition coefficient (Wildman–Crippen LogP) is 5.29. The summed E-state index contributed by atoms with van der Waals surface area (Å²) in [5.74, 6) is 0.728. The number of rotatable bonds is 9. The minimum atomic E-state index is -0.197. The zero-order valence-corrected chi connectivity index (χ0v) is 18.8. The number of allylic oxidation sites excluding steroid dienone is 1. The number of nitrogens with one attached hydrogen (secondary N) is 1. The monoisotopic (exact) mass is 430 g/mol. The lowest BCUT2D eigenvalue weighted by atomic mass is 9.92. The summed E-state index contributed by atoms with van der Waals surface area (Å²) in [6.45, 7) is 3.47. The molecule has 0 saturated carbocycles. The van der Waals surface area contributed by atoms with Crippen LogP contribution in [0, 0.1) is 0 Å². The lowest BCUT2D eigenvalue weighted by Crippen LogP contribution is -2.19. The van der Waals surface area contributed by atoms with Crippen LogP contribution in [0.1, 0.15) is 24.5 Å². The molecule has 1 amide bonds. The summed E-state index contributed by atoms with van der Waals surface area (Å²) in [5, 5.41) is 12.7. The molecule has 0 aliphatic rings. The second-order valence-electron chi connectivity index (χ2n) is 7.75. The maximum absolute atomic E-state index is 13.4. The summed E-state index contributed by atoms with van der Waals surface area (Å²) in [6, 6.07) is 24.0. The average molecular weight is 431 g/mol. The van der Waals surface area contributed by atoms with Gasteiger partial charge in [0.05, 0.1) is 5.57 Å². The first-order valence-corrected chi connectivity index (χ1v) is 10.7. The van der Waals surface area contributed by atoms with Crippen LogP contribution in [-0.4, -0.2) is 43.2 Å². The highest BCUT2D eigenvalue weighted by molar-refractivity contribution is 6.31. The Hall–Kier alpha value is -3.57. The van der Waals surface area contributed by atoms with E-state index in [0.29, 0.717) is 24.3 Å². The third-order valence-electron chi connectivity index (χ3n) is 5.08. The Bertz CT molecular complexity index is 1040. The largest absolute Gasteiger partial charge is 0.508 e. The Labute approximate surface area is 190 Å². The van der Waals surface area contributed by atoms with Gasteiger partial charge in [0.25, 0.3) is 5.91 Å². The van der Waals surface area contributed by atoms with Gasteiger partial charge in [0.1, 0.15) is 18.1 Å². The summed E-state index contributed by atoms with van der Waals surface area (Å²) in [7, 11) is 4.00. The van der Waals surface area contributed by atoms with E-state index >= 15 is 0 Å². The molecule has 0 aliphatic carbocycles. The van der Waals surface area contributed by atoms with E-state index in [1.807, 2.05) is 75.6 Å². The lowest BCUT2D eigenvalue weighted by Gasteiger charge is -2.16. The first-order chi connectivity index (χ1) is 15.5. The van der Waals surface area contributed by atoms with Crippen LogP contribution in [-0.2, 0) is 4.79 Å². The van der Waals surface area contributed by atoms with E-state index in [1.165, 1.54) is 0 Å². The van der Waals surface area contributed by atoms with E-state index in [1.54, 1.807) is 24.3 Å². The molecule has 0 bridgehead atoms. The fourth-order valence-corrected chi connectivity index (χ4v) is 3.41. The first kappa shape index (κ1) is 23.1. The van der Waals surface area contributed by atoms with E-state index < -0.39 is 0 Å². The summed E-state index contributed by atoms with van der Waals surface area (Å²) < 4.78 is 5.73. The van der Waals surface area contributed by atoms with Crippen molar-refractivity contribution in [3.63, 3.8) is 0 Å². The lowest BCUT2D eigenvalue weighted by molar-refractivity contribution is -0.111. The van der Waals surface area contributed by atoms with Crippen LogP contribution in [0.2, 0.25) is 0 Å². The van der Waals surface area contributed by atoms with E-state index in [9.17, 15) is 9.90 Å². The number of phenols is 1. The molecule has 32 heavy (non-hydrogen) atoms. The zero-order chi connectivity index (χ0) is 22.9. The Morgan fingerprint density at radius 2 is 1.56 bits per heavy atom. The summed E-state index contributed by atoms with van der Waals surface area (Å²) in [6.07, 6.45) is 0.687. The van der Waals surface area contributed by atoms with Crippen LogP contribution in [0.15, 0.2) is 78.9 Å². The van der Waals surface area contributed by atoms with Crippen molar-refractivity contribution in [3.8, 4) is 11.5 Å². The number of aromatic hydroxyl groups is 1. The highest BCUT2D eigenvalue weighted by atomic mass is 16.5. The second-order valence-corrected chi connectivity index (χ2v) is 7.75. The maximum Gasteiger partial charge on any atom is 0.256 e. The van der Waals surface area contributed by atoms with Gasteiger partial charge in [-0.3, -0.25) is 4.79 Å². The predicted molar refractivity (Wildman–Crippen MR) is 131 cm³/mol. The molecular formula is C27H30N2O3. The highest BCUT2D eigenvalue weighted by Crippen LogP contribution is 2.31. The van der Waals surface area contributed by atoms with Gasteiger partial charge in [0.15, 0.2) is 0 Å². The zero-order valence-electron chi connectivity index (χ0n) is 18.8. The van der Waals surface area contributed by atoms with E-state index in [0.717, 1.165) is 29.0 Å². The number of nitrogens with zero attached hydrogens (tertiary/aromatic N) is 1. The average Bonchev–Trinajstić information content (AvgIpc) is 2.79. The van der Waals surface area contributed by atoms with E-state index in [4.69, 9.17) is 4.74 Å². The Kier molecular flexibility index (Phi) is 8.06. The molecule has 5 nitrogen and oxygen atoms in total. The normalized spacial score (nSPS) is 11.8. The number of amides is 1. The van der Waals surface area contributed by atoms with Crippen LogP contribution in [0.4, 0.5) is 5.69 Å². The Morgan fingerprint density at radius 3 is 2.16 bits per heavy atom. The van der Waals surface area contributed by atoms with E-state index in [-0.39, 0.29) is 11.7 Å². The number of phenolic OH excluding ortho intramolecular Hbond substituents is 1. The second kappa shape index (κ2) is 11.2. The SMILES string of the molecule is CC/C(=C(/C(=O)Nc1ccc(OCCN(C)C)cc1)c1ccc(O)cc1)c1ccccc1. The highest BCUT2D eigenvalue weighted by Gasteiger charge is 2.18. The molecule has 0 aromatic heterocycles. The third-order valence-corrected chi connectivity index (χ3v) is 5.08. The molecule has 3 aromatic rings. The molecule has 0 heterocycles. The number of anilines is 1. The molecule has 2 N–H and O–H groups in total. The number of benzene rings is 3. The standard InChI is InChI=1S/C27H30N2O3/c1-4-25(20-8-6-5-7-9-20)26(21-10-14-23(30)15-11-21)27(31)28-22-12-16-24(17-13-22)32-19-18-29(2)3/h5-17,30H,4,18-19H2,1-3H3,(H,28,31)/b26-25-. The minimum absolute atomic E-state index is 0.163. The quantitative estimate of drug-likeness (QED) is 0.358. The number of carbonyl (C=O) groups is 1. The van der Waals surface area contributed by atoms with Crippen molar-refractivity contribution in [1.82, 2.24) is 4.90 Å². The Morgan fingerprint density at radius 1 is 0.906 bits per heavy atom. The van der Waals surface area contributed by atoms with Crippen LogP contribution in [0.3, 0.4) is 0 Å². The van der Waals surface area contributed by atoms with Gasteiger partial charge in [0, 0.05) is 12.2 Å². The Balaban J connectivity index is 1.88. The van der Waals surface area contributed by atoms with Gasteiger partial charge in [-0.1, -0.05) is 49.4 Å². The molecule has 0 atom stereocenters. The molecule has 0 fully saturated rings. The topological polar surface area (TPSA) is 61.8 Å². The van der Waals surface area contributed by atoms with Gasteiger partial charge in [-0.2, -0.15) is 0 Å². The first-order valence-electron chi connectivity index (χ1n) is 10.7. The number of hydrogen-bond acceptors (Lipinski definition) is 4. The minimum Gasteiger partial charge on any atom is -0.508 e. The maximum atomic E-state index is 13.4. The summed E-state index contributed by atoms with van der Waals surface area (Å²) in [5.41, 5.74) is 3.97. The smallest absolute Gasteiger partial charge is 0.256 e. The van der Waals surface area contributed by atoms with Crippen molar-refractivity contribution in [3.05, 3.63) is 90.0 Å². The molecule has 3 aromatic carbocycles. The van der Waals surface area contributed by atoms with Crippen LogP contribution in [0.25, 0.3) is 11.1 Å². The molecule has 166 valence electrons. The van der Waals surface area contributed by atoms with Gasteiger partial charge >= 0.3 is 0 Å². The summed E-state index contributed by atoms with van der Waals surface area (Å²) in [4.78, 5) is 15.5. The van der Waals surface area contributed by atoms with Gasteiger partial charge in [0.2, 0.25) is 0 Å². The van der Waals surface area contributed by atoms with Gasteiger partial charge in [-0.15, -0.1) is 0 Å². The molecule has 0 aliphatic heterocycles. The molecular weight excluding hydrogens is 400 g/mol. The molecule has 0 saturated heterocycles.